The van der Waals surface area contributed by atoms with E-state index in [0.717, 1.165) is 17.8 Å². The van der Waals surface area contributed by atoms with E-state index in [0.29, 0.717) is 6.42 Å². The number of aliphatic hydroxyl groups excluding tert-OH is 1. The van der Waals surface area contributed by atoms with Gasteiger partial charge in [-0.05, 0) is 25.5 Å². The minimum absolute atomic E-state index is 0.486. The Bertz CT molecular complexity index is 473. The van der Waals surface area contributed by atoms with Gasteiger partial charge in [0, 0.05) is 19.2 Å². The summed E-state index contributed by atoms with van der Waals surface area (Å²) in [6, 6.07) is 10.1. The second-order valence-corrected chi connectivity index (χ2v) is 4.28. The standard InChI is InChI=1S/C14H18N2O/c1-3-16-13(8-9-15-16)14(17)10-12-6-4-11(2)5-7-12/h4-9,14,17H,3,10H2,1-2H3. The number of hydrogen-bond donors (Lipinski definition) is 1. The number of aromatic nitrogens is 2. The predicted molar refractivity (Wildman–Crippen MR) is 67.7 cm³/mol. The molecule has 1 atom stereocenters. The maximum absolute atomic E-state index is 10.2. The molecule has 1 N–H and O–H groups in total. The second kappa shape index (κ2) is 5.15. The summed E-state index contributed by atoms with van der Waals surface area (Å²) in [5.74, 6) is 0. The second-order valence-electron chi connectivity index (χ2n) is 4.28. The van der Waals surface area contributed by atoms with Crippen molar-refractivity contribution in [1.29, 1.82) is 0 Å². The van der Waals surface area contributed by atoms with Crippen LogP contribution in [0.3, 0.4) is 0 Å². The molecule has 0 saturated heterocycles. The molecule has 3 nitrogen and oxygen atoms in total. The van der Waals surface area contributed by atoms with Gasteiger partial charge < -0.3 is 5.11 Å². The SMILES string of the molecule is CCn1nccc1C(O)Cc1ccc(C)cc1. The van der Waals surface area contributed by atoms with Crippen LogP contribution in [0.2, 0.25) is 0 Å². The van der Waals surface area contributed by atoms with Crippen LogP contribution in [0.15, 0.2) is 36.5 Å². The van der Waals surface area contributed by atoms with E-state index >= 15 is 0 Å². The number of aryl methyl sites for hydroxylation is 2. The highest BCUT2D eigenvalue weighted by atomic mass is 16.3. The molecule has 1 aromatic carbocycles. The lowest BCUT2D eigenvalue weighted by molar-refractivity contribution is 0.167. The van der Waals surface area contributed by atoms with Crippen molar-refractivity contribution in [2.75, 3.05) is 0 Å². The average Bonchev–Trinajstić information content (AvgIpc) is 2.80. The highest BCUT2D eigenvalue weighted by Crippen LogP contribution is 2.18. The number of nitrogens with zero attached hydrogens (tertiary/aromatic N) is 2. The third-order valence-corrected chi connectivity index (χ3v) is 2.94. The maximum atomic E-state index is 10.2. The molecule has 1 aromatic heterocycles. The van der Waals surface area contributed by atoms with Gasteiger partial charge in [-0.25, -0.2) is 0 Å². The lowest BCUT2D eigenvalue weighted by Gasteiger charge is -2.12. The molecule has 0 bridgehead atoms. The van der Waals surface area contributed by atoms with Crippen LogP contribution in [0.4, 0.5) is 0 Å². The first-order valence-electron chi connectivity index (χ1n) is 5.96. The highest BCUT2D eigenvalue weighted by molar-refractivity contribution is 5.23. The van der Waals surface area contributed by atoms with Crippen molar-refractivity contribution >= 4 is 0 Å². The summed E-state index contributed by atoms with van der Waals surface area (Å²) in [4.78, 5) is 0. The Labute approximate surface area is 102 Å². The monoisotopic (exact) mass is 230 g/mol. The minimum atomic E-state index is -0.486. The van der Waals surface area contributed by atoms with E-state index < -0.39 is 6.10 Å². The van der Waals surface area contributed by atoms with Gasteiger partial charge >= 0.3 is 0 Å². The molecule has 1 heterocycles. The van der Waals surface area contributed by atoms with Crippen LogP contribution in [-0.2, 0) is 13.0 Å². The molecular formula is C14H18N2O. The number of hydrogen-bond acceptors (Lipinski definition) is 2. The van der Waals surface area contributed by atoms with E-state index in [2.05, 4.69) is 36.3 Å². The van der Waals surface area contributed by atoms with Crippen molar-refractivity contribution in [3.63, 3.8) is 0 Å². The zero-order valence-corrected chi connectivity index (χ0v) is 10.3. The highest BCUT2D eigenvalue weighted by Gasteiger charge is 2.12. The molecule has 1 unspecified atom stereocenters. The van der Waals surface area contributed by atoms with E-state index in [1.807, 2.05) is 17.7 Å². The lowest BCUT2D eigenvalue weighted by atomic mass is 10.0. The minimum Gasteiger partial charge on any atom is -0.386 e. The van der Waals surface area contributed by atoms with Crippen molar-refractivity contribution < 1.29 is 5.11 Å². The zero-order chi connectivity index (χ0) is 12.3. The van der Waals surface area contributed by atoms with Gasteiger partial charge in [0.1, 0.15) is 0 Å². The molecule has 0 amide bonds. The first kappa shape index (κ1) is 11.9. The fourth-order valence-corrected chi connectivity index (χ4v) is 1.94. The number of benzene rings is 1. The summed E-state index contributed by atoms with van der Waals surface area (Å²) in [6.45, 7) is 4.87. The van der Waals surface area contributed by atoms with E-state index in [9.17, 15) is 5.11 Å². The van der Waals surface area contributed by atoms with E-state index in [1.54, 1.807) is 6.20 Å². The molecule has 2 rings (SSSR count). The Morgan fingerprint density at radius 2 is 1.94 bits per heavy atom. The summed E-state index contributed by atoms with van der Waals surface area (Å²) in [7, 11) is 0. The fraction of sp³-hybridized carbons (Fsp3) is 0.357. The van der Waals surface area contributed by atoms with Crippen LogP contribution in [0.25, 0.3) is 0 Å². The summed E-state index contributed by atoms with van der Waals surface area (Å²) in [5, 5.41) is 14.4. The topological polar surface area (TPSA) is 38.0 Å². The van der Waals surface area contributed by atoms with Crippen LogP contribution in [-0.4, -0.2) is 14.9 Å². The molecule has 3 heteroatoms. The van der Waals surface area contributed by atoms with Gasteiger partial charge in [-0.3, -0.25) is 4.68 Å². The van der Waals surface area contributed by atoms with Crippen molar-refractivity contribution in [2.45, 2.75) is 32.9 Å². The van der Waals surface area contributed by atoms with Gasteiger partial charge in [0.2, 0.25) is 0 Å². The first-order valence-corrected chi connectivity index (χ1v) is 5.96. The van der Waals surface area contributed by atoms with E-state index in [-0.39, 0.29) is 0 Å². The van der Waals surface area contributed by atoms with Gasteiger partial charge in [-0.1, -0.05) is 29.8 Å². The summed E-state index contributed by atoms with van der Waals surface area (Å²) < 4.78 is 1.83. The maximum Gasteiger partial charge on any atom is 0.0996 e. The molecule has 90 valence electrons. The lowest BCUT2D eigenvalue weighted by Crippen LogP contribution is -2.10. The van der Waals surface area contributed by atoms with Crippen LogP contribution >= 0.6 is 0 Å². The van der Waals surface area contributed by atoms with Crippen LogP contribution < -0.4 is 0 Å². The summed E-state index contributed by atoms with van der Waals surface area (Å²) >= 11 is 0. The molecule has 0 spiro atoms. The Hall–Kier alpha value is -1.61. The Morgan fingerprint density at radius 1 is 1.24 bits per heavy atom. The van der Waals surface area contributed by atoms with E-state index in [4.69, 9.17) is 0 Å². The molecule has 0 radical (unpaired) electrons. The number of rotatable bonds is 4. The Morgan fingerprint density at radius 3 is 2.59 bits per heavy atom. The third-order valence-electron chi connectivity index (χ3n) is 2.94. The molecule has 17 heavy (non-hydrogen) atoms. The summed E-state index contributed by atoms with van der Waals surface area (Å²) in [5.41, 5.74) is 3.27. The average molecular weight is 230 g/mol. The molecule has 0 aliphatic rings. The van der Waals surface area contributed by atoms with Crippen molar-refractivity contribution in [2.24, 2.45) is 0 Å². The molecule has 0 aliphatic carbocycles. The van der Waals surface area contributed by atoms with Crippen LogP contribution in [0.5, 0.6) is 0 Å². The molecule has 0 fully saturated rings. The fourth-order valence-electron chi connectivity index (χ4n) is 1.94. The zero-order valence-electron chi connectivity index (χ0n) is 10.3. The Balaban J connectivity index is 2.11. The molecule has 0 saturated carbocycles. The van der Waals surface area contributed by atoms with Crippen LogP contribution in [0, 0.1) is 6.92 Å². The molecule has 2 aromatic rings. The normalized spacial score (nSPS) is 12.6. The smallest absolute Gasteiger partial charge is 0.0996 e. The van der Waals surface area contributed by atoms with Gasteiger partial charge in [-0.2, -0.15) is 5.10 Å². The van der Waals surface area contributed by atoms with Gasteiger partial charge in [-0.15, -0.1) is 0 Å². The van der Waals surface area contributed by atoms with E-state index in [1.165, 1.54) is 5.56 Å². The van der Waals surface area contributed by atoms with Crippen LogP contribution in [0.1, 0.15) is 29.8 Å². The largest absolute Gasteiger partial charge is 0.386 e. The van der Waals surface area contributed by atoms with Gasteiger partial charge in [0.05, 0.1) is 11.8 Å². The predicted octanol–water partition coefficient (Wildman–Crippen LogP) is 2.49. The van der Waals surface area contributed by atoms with Gasteiger partial charge in [0.25, 0.3) is 0 Å². The van der Waals surface area contributed by atoms with Gasteiger partial charge in [0.15, 0.2) is 0 Å². The molecule has 0 aliphatic heterocycles. The van der Waals surface area contributed by atoms with Crippen molar-refractivity contribution in [1.82, 2.24) is 9.78 Å². The van der Waals surface area contributed by atoms with Crippen molar-refractivity contribution in [3.05, 3.63) is 53.3 Å². The first-order chi connectivity index (χ1) is 8.20. The quantitative estimate of drug-likeness (QED) is 0.876. The third kappa shape index (κ3) is 2.74. The number of aliphatic hydroxyl groups is 1. The Kier molecular flexibility index (Phi) is 3.59. The van der Waals surface area contributed by atoms with Crippen molar-refractivity contribution in [3.8, 4) is 0 Å². The molecular weight excluding hydrogens is 212 g/mol. The summed E-state index contributed by atoms with van der Waals surface area (Å²) in [6.07, 6.45) is 1.88.